The molecule has 0 aliphatic carbocycles. The van der Waals surface area contributed by atoms with E-state index >= 15 is 0 Å². The van der Waals surface area contributed by atoms with Crippen molar-refractivity contribution >= 4 is 35.4 Å². The number of nitrogens with one attached hydrogen (secondary N) is 1. The number of thioether (sulfide) groups is 1. The van der Waals surface area contributed by atoms with Gasteiger partial charge in [0.05, 0.1) is 21.8 Å². The van der Waals surface area contributed by atoms with E-state index in [0.717, 1.165) is 40.5 Å². The highest BCUT2D eigenvalue weighted by Crippen LogP contribution is 2.26. The van der Waals surface area contributed by atoms with Gasteiger partial charge in [0.1, 0.15) is 5.82 Å². The SMILES string of the molecule is Cc1c(CCCC(C)S)ccnc1SCc1nc2ccccc2[nH]1. The number of hydrogen-bond donors (Lipinski definition) is 2. The zero-order valence-electron chi connectivity index (χ0n) is 14.1. The Morgan fingerprint density at radius 2 is 2.08 bits per heavy atom. The number of H-pyrrole nitrogens is 1. The van der Waals surface area contributed by atoms with E-state index in [-0.39, 0.29) is 0 Å². The number of benzene rings is 1. The molecule has 3 rings (SSSR count). The first-order valence-corrected chi connectivity index (χ1v) is 9.82. The van der Waals surface area contributed by atoms with Crippen molar-refractivity contribution in [2.75, 3.05) is 0 Å². The van der Waals surface area contributed by atoms with E-state index in [9.17, 15) is 0 Å². The van der Waals surface area contributed by atoms with Gasteiger partial charge in [-0.1, -0.05) is 30.8 Å². The second-order valence-corrected chi connectivity index (χ2v) is 7.98. The van der Waals surface area contributed by atoms with Crippen molar-refractivity contribution in [3.63, 3.8) is 0 Å². The van der Waals surface area contributed by atoms with Crippen LogP contribution in [0.2, 0.25) is 0 Å². The van der Waals surface area contributed by atoms with Crippen molar-refractivity contribution in [3.8, 4) is 0 Å². The van der Waals surface area contributed by atoms with E-state index in [2.05, 4.69) is 53.6 Å². The van der Waals surface area contributed by atoms with Crippen LogP contribution in [0.5, 0.6) is 0 Å². The summed E-state index contributed by atoms with van der Waals surface area (Å²) in [5, 5.41) is 1.57. The third kappa shape index (κ3) is 4.33. The number of para-hydroxylation sites is 2. The van der Waals surface area contributed by atoms with Crippen molar-refractivity contribution in [1.29, 1.82) is 0 Å². The van der Waals surface area contributed by atoms with E-state index in [1.54, 1.807) is 11.8 Å². The summed E-state index contributed by atoms with van der Waals surface area (Å²) in [6, 6.07) is 10.3. The Morgan fingerprint density at radius 1 is 1.25 bits per heavy atom. The Hall–Kier alpha value is -1.46. The number of pyridine rings is 1. The van der Waals surface area contributed by atoms with Gasteiger partial charge in [-0.05, 0) is 60.8 Å². The highest BCUT2D eigenvalue weighted by atomic mass is 32.2. The van der Waals surface area contributed by atoms with Gasteiger partial charge in [0, 0.05) is 6.20 Å². The lowest BCUT2D eigenvalue weighted by Crippen LogP contribution is -1.98. The van der Waals surface area contributed by atoms with Gasteiger partial charge < -0.3 is 4.98 Å². The summed E-state index contributed by atoms with van der Waals surface area (Å²) >= 11 is 6.21. The van der Waals surface area contributed by atoms with Crippen molar-refractivity contribution in [3.05, 3.63) is 53.5 Å². The maximum Gasteiger partial charge on any atom is 0.117 e. The average Bonchev–Trinajstić information content (AvgIpc) is 2.98. The molecule has 0 radical (unpaired) electrons. The van der Waals surface area contributed by atoms with Crippen LogP contribution in [0.15, 0.2) is 41.6 Å². The molecule has 0 aliphatic heterocycles. The summed E-state index contributed by atoms with van der Waals surface area (Å²) in [6.07, 6.45) is 5.33. The van der Waals surface area contributed by atoms with Gasteiger partial charge in [-0.15, -0.1) is 0 Å². The van der Waals surface area contributed by atoms with Crippen LogP contribution in [-0.2, 0) is 12.2 Å². The third-order valence-electron chi connectivity index (χ3n) is 4.12. The fourth-order valence-corrected chi connectivity index (χ4v) is 3.84. The lowest BCUT2D eigenvalue weighted by Gasteiger charge is -2.10. The number of aryl methyl sites for hydroxylation is 1. The molecule has 3 aromatic rings. The molecule has 24 heavy (non-hydrogen) atoms. The van der Waals surface area contributed by atoms with Crippen LogP contribution < -0.4 is 0 Å². The monoisotopic (exact) mass is 357 g/mol. The van der Waals surface area contributed by atoms with Crippen molar-refractivity contribution in [1.82, 2.24) is 15.0 Å². The number of aromatic nitrogens is 3. The molecule has 2 heterocycles. The highest BCUT2D eigenvalue weighted by Gasteiger charge is 2.09. The van der Waals surface area contributed by atoms with Crippen LogP contribution in [0.4, 0.5) is 0 Å². The second kappa shape index (κ2) is 8.08. The topological polar surface area (TPSA) is 41.6 Å². The predicted octanol–water partition coefficient (Wildman–Crippen LogP) is 5.20. The van der Waals surface area contributed by atoms with E-state index in [4.69, 9.17) is 0 Å². The molecule has 1 aromatic carbocycles. The number of thiol groups is 1. The minimum Gasteiger partial charge on any atom is -0.341 e. The van der Waals surface area contributed by atoms with Crippen molar-refractivity contribution < 1.29 is 0 Å². The summed E-state index contributed by atoms with van der Waals surface area (Å²) in [5.41, 5.74) is 4.80. The summed E-state index contributed by atoms with van der Waals surface area (Å²) in [7, 11) is 0. The Balaban J connectivity index is 1.66. The number of fused-ring (bicyclic) bond motifs is 1. The molecule has 1 unspecified atom stereocenters. The molecule has 0 amide bonds. The summed E-state index contributed by atoms with van der Waals surface area (Å²) in [6.45, 7) is 4.32. The van der Waals surface area contributed by atoms with Gasteiger partial charge >= 0.3 is 0 Å². The quantitative estimate of drug-likeness (QED) is 0.451. The van der Waals surface area contributed by atoms with Gasteiger partial charge in [0.25, 0.3) is 0 Å². The number of rotatable bonds is 7. The number of nitrogens with zero attached hydrogens (tertiary/aromatic N) is 2. The van der Waals surface area contributed by atoms with Gasteiger partial charge in [0.2, 0.25) is 0 Å². The smallest absolute Gasteiger partial charge is 0.117 e. The first-order chi connectivity index (χ1) is 11.6. The first kappa shape index (κ1) is 17.4. The minimum absolute atomic E-state index is 0.467. The van der Waals surface area contributed by atoms with Gasteiger partial charge in [-0.2, -0.15) is 12.6 Å². The van der Waals surface area contributed by atoms with Crippen LogP contribution >= 0.6 is 24.4 Å². The fraction of sp³-hybridized carbons (Fsp3) is 0.368. The molecule has 1 atom stereocenters. The van der Waals surface area contributed by atoms with Crippen LogP contribution in [-0.4, -0.2) is 20.2 Å². The predicted molar refractivity (Wildman–Crippen MR) is 106 cm³/mol. The van der Waals surface area contributed by atoms with E-state index in [0.29, 0.717) is 5.25 Å². The molecule has 5 heteroatoms. The van der Waals surface area contributed by atoms with Crippen LogP contribution in [0.3, 0.4) is 0 Å². The lowest BCUT2D eigenvalue weighted by atomic mass is 10.0. The summed E-state index contributed by atoms with van der Waals surface area (Å²) < 4.78 is 0. The number of hydrogen-bond acceptors (Lipinski definition) is 4. The van der Waals surface area contributed by atoms with E-state index < -0.39 is 0 Å². The molecular formula is C19H23N3S2. The largest absolute Gasteiger partial charge is 0.341 e. The normalized spacial score (nSPS) is 12.6. The zero-order valence-corrected chi connectivity index (χ0v) is 15.8. The van der Waals surface area contributed by atoms with Crippen LogP contribution in [0.25, 0.3) is 11.0 Å². The molecule has 0 fully saturated rings. The number of aromatic amines is 1. The van der Waals surface area contributed by atoms with E-state index in [1.807, 2.05) is 24.4 Å². The second-order valence-electron chi connectivity index (χ2n) is 6.13. The van der Waals surface area contributed by atoms with E-state index in [1.165, 1.54) is 17.5 Å². The summed E-state index contributed by atoms with van der Waals surface area (Å²) in [5.74, 6) is 1.80. The lowest BCUT2D eigenvalue weighted by molar-refractivity contribution is 0.726. The molecule has 0 saturated heterocycles. The molecule has 126 valence electrons. The molecular weight excluding hydrogens is 334 g/mol. The Kier molecular flexibility index (Phi) is 5.85. The van der Waals surface area contributed by atoms with Gasteiger partial charge in [0.15, 0.2) is 0 Å². The summed E-state index contributed by atoms with van der Waals surface area (Å²) in [4.78, 5) is 12.6. The molecule has 0 saturated carbocycles. The highest BCUT2D eigenvalue weighted by molar-refractivity contribution is 7.98. The van der Waals surface area contributed by atoms with Crippen molar-refractivity contribution in [2.24, 2.45) is 0 Å². The van der Waals surface area contributed by atoms with Crippen LogP contribution in [0.1, 0.15) is 36.7 Å². The van der Waals surface area contributed by atoms with Gasteiger partial charge in [-0.3, -0.25) is 0 Å². The molecule has 0 bridgehead atoms. The fourth-order valence-electron chi connectivity index (χ4n) is 2.77. The Labute approximate surface area is 153 Å². The maximum absolute atomic E-state index is 4.64. The standard InChI is InChI=1S/C19H23N3S2/c1-13(23)6-5-7-15-10-11-20-19(14(15)2)24-12-18-21-16-8-3-4-9-17(16)22-18/h3-4,8-11,13,23H,5-7,12H2,1-2H3,(H,21,22). The average molecular weight is 358 g/mol. The first-order valence-electron chi connectivity index (χ1n) is 8.32. The molecule has 3 nitrogen and oxygen atoms in total. The number of imidazole rings is 1. The Morgan fingerprint density at radius 3 is 2.88 bits per heavy atom. The zero-order chi connectivity index (χ0) is 16.9. The van der Waals surface area contributed by atoms with Gasteiger partial charge in [-0.25, -0.2) is 9.97 Å². The minimum atomic E-state index is 0.467. The molecule has 2 aromatic heterocycles. The molecule has 1 N–H and O–H groups in total. The van der Waals surface area contributed by atoms with Crippen LogP contribution in [0, 0.1) is 6.92 Å². The Bertz CT molecular complexity index is 778. The third-order valence-corrected chi connectivity index (χ3v) is 5.48. The molecule has 0 aliphatic rings. The maximum atomic E-state index is 4.64. The molecule has 0 spiro atoms. The van der Waals surface area contributed by atoms with Crippen molar-refractivity contribution in [2.45, 2.75) is 49.1 Å².